The summed E-state index contributed by atoms with van der Waals surface area (Å²) in [5.41, 5.74) is 6.28. The molecule has 0 saturated carbocycles. The van der Waals surface area contributed by atoms with E-state index in [-0.39, 0.29) is 5.56 Å². The van der Waals surface area contributed by atoms with E-state index in [0.717, 1.165) is 64.3 Å². The van der Waals surface area contributed by atoms with Crippen molar-refractivity contribution in [2.45, 2.75) is 46.1 Å². The van der Waals surface area contributed by atoms with Crippen LogP contribution in [0.2, 0.25) is 0 Å². The molecule has 0 fully saturated rings. The number of benzene rings is 3. The number of methoxy groups -OCH3 is 1. The van der Waals surface area contributed by atoms with E-state index in [1.807, 2.05) is 79.7 Å². The monoisotopic (exact) mass is 477 g/mol. The lowest BCUT2D eigenvalue weighted by atomic mass is 9.97. The number of hydrogen-bond donors (Lipinski definition) is 0. The van der Waals surface area contributed by atoms with E-state index in [1.54, 1.807) is 11.7 Å². The molecule has 4 rings (SSSR count). The van der Waals surface area contributed by atoms with Gasteiger partial charge in [-0.1, -0.05) is 67.9 Å². The van der Waals surface area contributed by atoms with Crippen LogP contribution in [0.3, 0.4) is 0 Å². The summed E-state index contributed by atoms with van der Waals surface area (Å²) >= 11 is 0. The molecule has 0 atom stereocenters. The smallest absolute Gasteiger partial charge is 0.257 e. The molecular weight excluding hydrogens is 446 g/mol. The minimum Gasteiger partial charge on any atom is -0.497 e. The van der Waals surface area contributed by atoms with Gasteiger partial charge >= 0.3 is 0 Å². The number of ether oxygens (including phenoxy) is 1. The molecular formula is C31H31N3O2. The van der Waals surface area contributed by atoms with Crippen LogP contribution < -0.4 is 10.3 Å². The van der Waals surface area contributed by atoms with Gasteiger partial charge in [0.1, 0.15) is 11.6 Å². The van der Waals surface area contributed by atoms with Gasteiger partial charge in [-0.15, -0.1) is 0 Å². The molecule has 5 heteroatoms. The second-order valence-corrected chi connectivity index (χ2v) is 8.96. The van der Waals surface area contributed by atoms with Crippen LogP contribution in [0.1, 0.15) is 53.5 Å². The highest BCUT2D eigenvalue weighted by Gasteiger charge is 2.16. The van der Waals surface area contributed by atoms with Crippen molar-refractivity contribution in [3.63, 3.8) is 0 Å². The van der Waals surface area contributed by atoms with Gasteiger partial charge in [-0.3, -0.25) is 9.36 Å². The first kappa shape index (κ1) is 24.9. The molecule has 0 amide bonds. The molecule has 1 aromatic heterocycles. The molecule has 5 nitrogen and oxygen atoms in total. The largest absolute Gasteiger partial charge is 0.497 e. The number of rotatable bonds is 9. The van der Waals surface area contributed by atoms with Gasteiger partial charge in [0.2, 0.25) is 0 Å². The Bertz CT molecular complexity index is 1430. The number of hydrogen-bond acceptors (Lipinski definition) is 4. The van der Waals surface area contributed by atoms with Crippen LogP contribution in [-0.2, 0) is 19.4 Å². The fourth-order valence-corrected chi connectivity index (χ4v) is 4.42. The summed E-state index contributed by atoms with van der Waals surface area (Å²) in [5, 5.41) is 9.44. The summed E-state index contributed by atoms with van der Waals surface area (Å²) in [7, 11) is 1.64. The summed E-state index contributed by atoms with van der Waals surface area (Å²) in [6, 6.07) is 25.8. The van der Waals surface area contributed by atoms with Crippen molar-refractivity contribution in [2.75, 3.05) is 7.11 Å². The Morgan fingerprint density at radius 3 is 2.33 bits per heavy atom. The Morgan fingerprint density at radius 1 is 0.972 bits per heavy atom. The lowest BCUT2D eigenvalue weighted by Crippen LogP contribution is -2.30. The first-order chi connectivity index (χ1) is 17.5. The molecule has 1 heterocycles. The lowest BCUT2D eigenvalue weighted by Gasteiger charge is -2.16. The van der Waals surface area contributed by atoms with Crippen LogP contribution in [-0.4, -0.2) is 16.7 Å². The fraction of sp³-hybridized carbons (Fsp3) is 0.258. The van der Waals surface area contributed by atoms with Crippen molar-refractivity contribution >= 4 is 0 Å². The van der Waals surface area contributed by atoms with Crippen molar-refractivity contribution in [3.05, 3.63) is 117 Å². The van der Waals surface area contributed by atoms with E-state index in [0.29, 0.717) is 18.5 Å². The van der Waals surface area contributed by atoms with Crippen molar-refractivity contribution in [3.8, 4) is 22.9 Å². The third-order valence-electron chi connectivity index (χ3n) is 6.50. The number of nitriles is 1. The maximum atomic E-state index is 13.7. The number of nitrogens with zero attached hydrogens (tertiary/aromatic N) is 3. The third-order valence-corrected chi connectivity index (χ3v) is 6.50. The zero-order valence-corrected chi connectivity index (χ0v) is 21.1. The second kappa shape index (κ2) is 11.5. The SMILES string of the molecule is CCCCc1nc(C)n(Cc2ccc(OC)cc2)c(=O)c1Cc1ccc(-c2ccccc2C#N)cc1. The summed E-state index contributed by atoms with van der Waals surface area (Å²) in [5.74, 6) is 1.52. The Kier molecular flexibility index (Phi) is 7.97. The molecule has 0 unspecified atom stereocenters. The Balaban J connectivity index is 1.67. The third kappa shape index (κ3) is 5.55. The van der Waals surface area contributed by atoms with E-state index in [1.165, 1.54) is 0 Å². The van der Waals surface area contributed by atoms with Crippen molar-refractivity contribution in [2.24, 2.45) is 0 Å². The van der Waals surface area contributed by atoms with E-state index in [9.17, 15) is 10.1 Å². The molecule has 36 heavy (non-hydrogen) atoms. The molecule has 0 bridgehead atoms. The van der Waals surface area contributed by atoms with Crippen molar-refractivity contribution in [1.29, 1.82) is 5.26 Å². The Hall–Kier alpha value is -4.17. The zero-order valence-electron chi connectivity index (χ0n) is 21.1. The highest BCUT2D eigenvalue weighted by atomic mass is 16.5. The summed E-state index contributed by atoms with van der Waals surface area (Å²) in [6.07, 6.45) is 3.35. The molecule has 0 N–H and O–H groups in total. The summed E-state index contributed by atoms with van der Waals surface area (Å²) in [6.45, 7) is 4.52. The first-order valence-corrected chi connectivity index (χ1v) is 12.3. The molecule has 0 aliphatic carbocycles. The van der Waals surface area contributed by atoms with E-state index >= 15 is 0 Å². The van der Waals surface area contributed by atoms with Gasteiger partial charge in [-0.2, -0.15) is 5.26 Å². The van der Waals surface area contributed by atoms with Gasteiger partial charge in [0.05, 0.1) is 31.0 Å². The molecule has 0 saturated heterocycles. The zero-order chi connectivity index (χ0) is 25.5. The van der Waals surface area contributed by atoms with Crippen LogP contribution in [0.4, 0.5) is 0 Å². The van der Waals surface area contributed by atoms with Crippen LogP contribution >= 0.6 is 0 Å². The van der Waals surface area contributed by atoms with Gasteiger partial charge in [0, 0.05) is 12.0 Å². The van der Waals surface area contributed by atoms with Gasteiger partial charge in [-0.25, -0.2) is 4.98 Å². The predicted octanol–water partition coefficient (Wildman–Crippen LogP) is 6.08. The predicted molar refractivity (Wildman–Crippen MR) is 143 cm³/mol. The van der Waals surface area contributed by atoms with Gasteiger partial charge < -0.3 is 4.74 Å². The van der Waals surface area contributed by atoms with E-state index in [4.69, 9.17) is 9.72 Å². The fourth-order valence-electron chi connectivity index (χ4n) is 4.42. The van der Waals surface area contributed by atoms with Gasteiger partial charge in [0.15, 0.2) is 0 Å². The van der Waals surface area contributed by atoms with Gasteiger partial charge in [0.25, 0.3) is 5.56 Å². The molecule has 0 aliphatic heterocycles. The number of unbranched alkanes of at least 4 members (excludes halogenated alkanes) is 1. The molecule has 0 spiro atoms. The quantitative estimate of drug-likeness (QED) is 0.293. The van der Waals surface area contributed by atoms with Crippen LogP contribution in [0.25, 0.3) is 11.1 Å². The standard InChI is InChI=1S/C31H31N3O2/c1-4-5-10-30-29(19-23-11-15-25(16-12-23)28-9-7-6-8-26(28)20-32)31(35)34(22(2)33-30)21-24-13-17-27(36-3)18-14-24/h6-9,11-18H,4-5,10,19,21H2,1-3H3. The van der Waals surface area contributed by atoms with Crippen molar-refractivity contribution < 1.29 is 4.74 Å². The van der Waals surface area contributed by atoms with Crippen LogP contribution in [0.5, 0.6) is 5.75 Å². The Labute approximate surface area is 212 Å². The molecule has 3 aromatic carbocycles. The topological polar surface area (TPSA) is 67.9 Å². The lowest BCUT2D eigenvalue weighted by molar-refractivity contribution is 0.414. The average Bonchev–Trinajstić information content (AvgIpc) is 2.92. The summed E-state index contributed by atoms with van der Waals surface area (Å²) < 4.78 is 7.03. The minimum atomic E-state index is 0.0170. The average molecular weight is 478 g/mol. The summed E-state index contributed by atoms with van der Waals surface area (Å²) in [4.78, 5) is 18.6. The number of aromatic nitrogens is 2. The molecule has 0 aliphatic rings. The normalized spacial score (nSPS) is 10.7. The second-order valence-electron chi connectivity index (χ2n) is 8.96. The highest BCUT2D eigenvalue weighted by molar-refractivity contribution is 5.70. The highest BCUT2D eigenvalue weighted by Crippen LogP contribution is 2.24. The molecule has 4 aromatic rings. The maximum Gasteiger partial charge on any atom is 0.257 e. The maximum absolute atomic E-state index is 13.7. The van der Waals surface area contributed by atoms with Gasteiger partial charge in [-0.05, 0) is 60.2 Å². The first-order valence-electron chi connectivity index (χ1n) is 12.3. The van der Waals surface area contributed by atoms with E-state index < -0.39 is 0 Å². The minimum absolute atomic E-state index is 0.0170. The van der Waals surface area contributed by atoms with Crippen LogP contribution in [0.15, 0.2) is 77.6 Å². The number of aryl methyl sites for hydroxylation is 2. The molecule has 182 valence electrons. The molecule has 0 radical (unpaired) electrons. The van der Waals surface area contributed by atoms with Crippen molar-refractivity contribution in [1.82, 2.24) is 9.55 Å². The Morgan fingerprint density at radius 2 is 1.67 bits per heavy atom. The van der Waals surface area contributed by atoms with Crippen LogP contribution in [0, 0.1) is 18.3 Å². The van der Waals surface area contributed by atoms with E-state index in [2.05, 4.69) is 13.0 Å².